The monoisotopic (exact) mass is 385 g/mol. The van der Waals surface area contributed by atoms with Gasteiger partial charge in [0.25, 0.3) is 5.91 Å². The van der Waals surface area contributed by atoms with Gasteiger partial charge < -0.3 is 15.1 Å². The number of urea groups is 1. The first kappa shape index (κ1) is 18.4. The molecule has 1 N–H and O–H groups in total. The van der Waals surface area contributed by atoms with Crippen molar-refractivity contribution in [1.29, 1.82) is 0 Å². The van der Waals surface area contributed by atoms with Gasteiger partial charge in [-0.3, -0.25) is 4.79 Å². The van der Waals surface area contributed by atoms with Gasteiger partial charge in [0, 0.05) is 37.4 Å². The Bertz CT molecular complexity index is 906. The third-order valence-corrected chi connectivity index (χ3v) is 5.19. The number of nitrogens with zero attached hydrogens (tertiary/aromatic N) is 2. The molecule has 0 unspecified atom stereocenters. The Morgan fingerprint density at radius 1 is 0.929 bits per heavy atom. The number of halogens is 2. The van der Waals surface area contributed by atoms with Crippen LogP contribution in [-0.4, -0.2) is 47.9 Å². The highest BCUT2D eigenvalue weighted by molar-refractivity contribution is 5.94. The molecule has 0 atom stereocenters. The SMILES string of the molecule is O=C(Nc1ccc(C2CC2)c(F)c1)N1CCN(C(=O)c2cccc(F)c2)CC1. The van der Waals surface area contributed by atoms with Crippen molar-refractivity contribution < 1.29 is 18.4 Å². The molecule has 7 heteroatoms. The van der Waals surface area contributed by atoms with Crippen LogP contribution in [-0.2, 0) is 0 Å². The molecule has 28 heavy (non-hydrogen) atoms. The van der Waals surface area contributed by atoms with Gasteiger partial charge in [-0.2, -0.15) is 0 Å². The molecule has 1 saturated heterocycles. The first-order valence-electron chi connectivity index (χ1n) is 9.41. The summed E-state index contributed by atoms with van der Waals surface area (Å²) in [5.41, 5.74) is 1.43. The van der Waals surface area contributed by atoms with Crippen LogP contribution in [0.1, 0.15) is 34.7 Å². The summed E-state index contributed by atoms with van der Waals surface area (Å²) in [6.45, 7) is 1.43. The first-order chi connectivity index (χ1) is 13.5. The van der Waals surface area contributed by atoms with E-state index in [0.29, 0.717) is 48.9 Å². The van der Waals surface area contributed by atoms with Crippen molar-refractivity contribution >= 4 is 17.6 Å². The number of carbonyl (C=O) groups excluding carboxylic acids is 2. The summed E-state index contributed by atoms with van der Waals surface area (Å²) in [5.74, 6) is -0.680. The normalized spacial score (nSPS) is 16.8. The van der Waals surface area contributed by atoms with Gasteiger partial charge in [0.05, 0.1) is 0 Å². The topological polar surface area (TPSA) is 52.7 Å². The second-order valence-corrected chi connectivity index (χ2v) is 7.23. The van der Waals surface area contributed by atoms with Gasteiger partial charge in [0.2, 0.25) is 0 Å². The zero-order valence-electron chi connectivity index (χ0n) is 15.3. The van der Waals surface area contributed by atoms with E-state index in [9.17, 15) is 18.4 Å². The fourth-order valence-corrected chi connectivity index (χ4v) is 3.45. The number of carbonyl (C=O) groups is 2. The molecule has 0 bridgehead atoms. The molecule has 0 aromatic heterocycles. The smallest absolute Gasteiger partial charge is 0.321 e. The molecule has 2 aromatic carbocycles. The van der Waals surface area contributed by atoms with Gasteiger partial charge >= 0.3 is 6.03 Å². The zero-order valence-corrected chi connectivity index (χ0v) is 15.3. The van der Waals surface area contributed by atoms with E-state index < -0.39 is 5.82 Å². The van der Waals surface area contributed by atoms with Crippen LogP contribution in [0.25, 0.3) is 0 Å². The van der Waals surface area contributed by atoms with E-state index in [1.807, 2.05) is 0 Å². The van der Waals surface area contributed by atoms with E-state index in [2.05, 4.69) is 5.32 Å². The van der Waals surface area contributed by atoms with E-state index in [1.165, 1.54) is 24.3 Å². The lowest BCUT2D eigenvalue weighted by Crippen LogP contribution is -2.51. The molecule has 5 nitrogen and oxygen atoms in total. The van der Waals surface area contributed by atoms with Crippen LogP contribution in [0, 0.1) is 11.6 Å². The van der Waals surface area contributed by atoms with Gasteiger partial charge in [-0.15, -0.1) is 0 Å². The molecule has 146 valence electrons. The van der Waals surface area contributed by atoms with E-state index in [-0.39, 0.29) is 17.8 Å². The van der Waals surface area contributed by atoms with Crippen molar-refractivity contribution in [2.75, 3.05) is 31.5 Å². The summed E-state index contributed by atoms with van der Waals surface area (Å²) in [5, 5.41) is 2.72. The summed E-state index contributed by atoms with van der Waals surface area (Å²) in [6.07, 6.45) is 2.03. The minimum Gasteiger partial charge on any atom is -0.335 e. The highest BCUT2D eigenvalue weighted by atomic mass is 19.1. The number of piperazine rings is 1. The van der Waals surface area contributed by atoms with Crippen molar-refractivity contribution in [3.8, 4) is 0 Å². The molecule has 1 aliphatic heterocycles. The summed E-state index contributed by atoms with van der Waals surface area (Å²) in [4.78, 5) is 28.1. The number of hydrogen-bond donors (Lipinski definition) is 1. The Balaban J connectivity index is 1.32. The Morgan fingerprint density at radius 3 is 2.29 bits per heavy atom. The van der Waals surface area contributed by atoms with Crippen molar-refractivity contribution in [2.45, 2.75) is 18.8 Å². The average Bonchev–Trinajstić information content (AvgIpc) is 3.53. The van der Waals surface area contributed by atoms with E-state index in [1.54, 1.807) is 28.0 Å². The van der Waals surface area contributed by atoms with E-state index in [4.69, 9.17) is 0 Å². The molecule has 2 aromatic rings. The zero-order chi connectivity index (χ0) is 19.7. The highest BCUT2D eigenvalue weighted by Gasteiger charge is 2.27. The van der Waals surface area contributed by atoms with Crippen LogP contribution in [0.15, 0.2) is 42.5 Å². The van der Waals surface area contributed by atoms with Crippen LogP contribution in [0.2, 0.25) is 0 Å². The van der Waals surface area contributed by atoms with Crippen LogP contribution < -0.4 is 5.32 Å². The Hall–Kier alpha value is -2.96. The number of amides is 3. The largest absolute Gasteiger partial charge is 0.335 e. The maximum Gasteiger partial charge on any atom is 0.321 e. The van der Waals surface area contributed by atoms with Crippen molar-refractivity contribution in [1.82, 2.24) is 9.80 Å². The van der Waals surface area contributed by atoms with Gasteiger partial charge in [-0.05, 0) is 54.7 Å². The minimum absolute atomic E-state index is 0.253. The molecule has 2 fully saturated rings. The molecule has 0 spiro atoms. The van der Waals surface area contributed by atoms with Crippen molar-refractivity contribution in [2.24, 2.45) is 0 Å². The van der Waals surface area contributed by atoms with Gasteiger partial charge in [-0.25, -0.2) is 13.6 Å². The van der Waals surface area contributed by atoms with Crippen LogP contribution in [0.5, 0.6) is 0 Å². The summed E-state index contributed by atoms with van der Waals surface area (Å²) in [7, 11) is 0. The molecule has 1 saturated carbocycles. The van der Waals surface area contributed by atoms with Crippen LogP contribution in [0.3, 0.4) is 0 Å². The molecular formula is C21H21F2N3O2. The lowest BCUT2D eigenvalue weighted by atomic mass is 10.1. The highest BCUT2D eigenvalue weighted by Crippen LogP contribution is 2.41. The van der Waals surface area contributed by atoms with Crippen molar-refractivity contribution in [3.63, 3.8) is 0 Å². The second-order valence-electron chi connectivity index (χ2n) is 7.23. The predicted molar refractivity (Wildman–Crippen MR) is 101 cm³/mol. The summed E-state index contributed by atoms with van der Waals surface area (Å²) >= 11 is 0. The standard InChI is InChI=1S/C21H21F2N3O2/c22-16-3-1-2-15(12-16)20(27)25-8-10-26(11-9-25)21(28)24-17-6-7-18(14-4-5-14)19(23)13-17/h1-3,6-7,12-14H,4-5,8-11H2,(H,24,28). The van der Waals surface area contributed by atoms with Crippen LogP contribution in [0.4, 0.5) is 19.3 Å². The molecule has 0 radical (unpaired) electrons. The number of anilines is 1. The third-order valence-electron chi connectivity index (χ3n) is 5.19. The maximum atomic E-state index is 14.1. The quantitative estimate of drug-likeness (QED) is 0.873. The molecule has 1 aliphatic carbocycles. The van der Waals surface area contributed by atoms with Gasteiger partial charge in [-0.1, -0.05) is 12.1 Å². The number of rotatable bonds is 3. The molecule has 2 aliphatic rings. The number of hydrogen-bond acceptors (Lipinski definition) is 2. The number of benzene rings is 2. The summed E-state index contributed by atoms with van der Waals surface area (Å²) < 4.78 is 27.4. The third kappa shape index (κ3) is 3.98. The Kier molecular flexibility index (Phi) is 4.98. The fourth-order valence-electron chi connectivity index (χ4n) is 3.45. The van der Waals surface area contributed by atoms with Gasteiger partial charge in [0.15, 0.2) is 0 Å². The second kappa shape index (κ2) is 7.58. The molecule has 3 amide bonds. The minimum atomic E-state index is -0.455. The van der Waals surface area contributed by atoms with Crippen molar-refractivity contribution in [3.05, 3.63) is 65.2 Å². The van der Waals surface area contributed by atoms with E-state index >= 15 is 0 Å². The van der Waals surface area contributed by atoms with E-state index in [0.717, 1.165) is 12.8 Å². The van der Waals surface area contributed by atoms with Gasteiger partial charge in [0.1, 0.15) is 11.6 Å². The summed E-state index contributed by atoms with van der Waals surface area (Å²) in [6, 6.07) is 10.1. The molecule has 4 rings (SSSR count). The molecule has 1 heterocycles. The van der Waals surface area contributed by atoms with Crippen LogP contribution >= 0.6 is 0 Å². The lowest BCUT2D eigenvalue weighted by molar-refractivity contribution is 0.0671. The Morgan fingerprint density at radius 2 is 1.64 bits per heavy atom. The predicted octanol–water partition coefficient (Wildman–Crippen LogP) is 3.83. The maximum absolute atomic E-state index is 14.1. The Labute approximate surface area is 161 Å². The lowest BCUT2D eigenvalue weighted by Gasteiger charge is -2.34. The average molecular weight is 385 g/mol. The molecular weight excluding hydrogens is 364 g/mol. The number of nitrogens with one attached hydrogen (secondary N) is 1. The fraction of sp³-hybridized carbons (Fsp3) is 0.333. The first-order valence-corrected chi connectivity index (χ1v) is 9.41.